The van der Waals surface area contributed by atoms with Gasteiger partial charge in [0.05, 0.1) is 5.25 Å². The zero-order valence-corrected chi connectivity index (χ0v) is 12.0. The lowest BCUT2D eigenvalue weighted by atomic mass is 10.2. The molecular formula is C12H19N3S2. The molecule has 3 nitrogen and oxygen atoms in total. The van der Waals surface area contributed by atoms with Crippen molar-refractivity contribution in [1.82, 2.24) is 9.97 Å². The van der Waals surface area contributed by atoms with E-state index in [4.69, 9.17) is 0 Å². The highest BCUT2D eigenvalue weighted by atomic mass is 32.2. The van der Waals surface area contributed by atoms with E-state index in [9.17, 15) is 0 Å². The van der Waals surface area contributed by atoms with Crippen LogP contribution in [0, 0.1) is 0 Å². The van der Waals surface area contributed by atoms with E-state index in [1.54, 1.807) is 0 Å². The van der Waals surface area contributed by atoms with Gasteiger partial charge in [0.2, 0.25) is 0 Å². The molecule has 2 unspecified atom stereocenters. The van der Waals surface area contributed by atoms with Gasteiger partial charge in [-0.25, -0.2) is 9.97 Å². The molecule has 94 valence electrons. The molecule has 0 amide bonds. The molecular weight excluding hydrogens is 250 g/mol. The Morgan fingerprint density at radius 1 is 1.35 bits per heavy atom. The molecule has 1 saturated heterocycles. The van der Waals surface area contributed by atoms with Crippen LogP contribution in [0.3, 0.4) is 0 Å². The average molecular weight is 269 g/mol. The summed E-state index contributed by atoms with van der Waals surface area (Å²) in [5, 5.41) is 4.37. The van der Waals surface area contributed by atoms with Crippen LogP contribution in [0.2, 0.25) is 0 Å². The van der Waals surface area contributed by atoms with Crippen molar-refractivity contribution >= 4 is 29.3 Å². The molecule has 2 heterocycles. The molecule has 1 aliphatic heterocycles. The average Bonchev–Trinajstić information content (AvgIpc) is 2.39. The molecule has 0 saturated carbocycles. The third kappa shape index (κ3) is 3.28. The summed E-state index contributed by atoms with van der Waals surface area (Å²) in [7, 11) is 0. The quantitative estimate of drug-likeness (QED) is 0.908. The maximum absolute atomic E-state index is 4.63. The zero-order valence-electron chi connectivity index (χ0n) is 10.3. The fraction of sp³-hybridized carbons (Fsp3) is 0.667. The lowest BCUT2D eigenvalue weighted by Crippen LogP contribution is -2.20. The second kappa shape index (κ2) is 6.50. The molecule has 1 N–H and O–H groups in total. The van der Waals surface area contributed by atoms with Crippen molar-refractivity contribution in [2.24, 2.45) is 0 Å². The van der Waals surface area contributed by atoms with Gasteiger partial charge in [-0.05, 0) is 19.4 Å². The Morgan fingerprint density at radius 3 is 2.94 bits per heavy atom. The predicted octanol–water partition coefficient (Wildman–Crippen LogP) is 3.21. The summed E-state index contributed by atoms with van der Waals surface area (Å²) < 4.78 is 0. The summed E-state index contributed by atoms with van der Waals surface area (Å²) in [4.78, 5) is 9.09. The third-order valence-corrected chi connectivity index (χ3v) is 5.98. The van der Waals surface area contributed by atoms with Crippen LogP contribution in [0.1, 0.15) is 31.3 Å². The minimum absolute atomic E-state index is 0.456. The molecule has 2 rings (SSSR count). The van der Waals surface area contributed by atoms with E-state index in [-0.39, 0.29) is 0 Å². The SMILES string of the molecule is CCNc1ccnc(C2SCCSC2CC)n1. The summed E-state index contributed by atoms with van der Waals surface area (Å²) >= 11 is 4.07. The van der Waals surface area contributed by atoms with Crippen molar-refractivity contribution in [3.05, 3.63) is 18.1 Å². The van der Waals surface area contributed by atoms with Crippen LogP contribution in [-0.2, 0) is 0 Å². The number of hydrogen-bond donors (Lipinski definition) is 1. The highest BCUT2D eigenvalue weighted by Crippen LogP contribution is 2.42. The molecule has 0 aliphatic carbocycles. The molecule has 0 bridgehead atoms. The van der Waals surface area contributed by atoms with Crippen molar-refractivity contribution in [1.29, 1.82) is 0 Å². The molecule has 17 heavy (non-hydrogen) atoms. The van der Waals surface area contributed by atoms with Crippen molar-refractivity contribution in [2.45, 2.75) is 30.8 Å². The van der Waals surface area contributed by atoms with E-state index in [0.717, 1.165) is 18.2 Å². The fourth-order valence-corrected chi connectivity index (χ4v) is 4.93. The van der Waals surface area contributed by atoms with Crippen molar-refractivity contribution in [3.8, 4) is 0 Å². The van der Waals surface area contributed by atoms with Crippen LogP contribution in [-0.4, -0.2) is 33.3 Å². The molecule has 1 aromatic rings. The maximum atomic E-state index is 4.63. The van der Waals surface area contributed by atoms with Crippen LogP contribution in [0.15, 0.2) is 12.3 Å². The van der Waals surface area contributed by atoms with Gasteiger partial charge in [-0.3, -0.25) is 0 Å². The number of rotatable bonds is 4. The van der Waals surface area contributed by atoms with E-state index in [0.29, 0.717) is 10.5 Å². The van der Waals surface area contributed by atoms with E-state index >= 15 is 0 Å². The smallest absolute Gasteiger partial charge is 0.144 e. The lowest BCUT2D eigenvalue weighted by Gasteiger charge is -2.28. The Balaban J connectivity index is 2.16. The first-order chi connectivity index (χ1) is 8.35. The first-order valence-corrected chi connectivity index (χ1v) is 8.25. The van der Waals surface area contributed by atoms with Crippen LogP contribution >= 0.6 is 23.5 Å². The fourth-order valence-electron chi connectivity index (χ4n) is 1.93. The standard InChI is InChI=1S/C12H19N3S2/c1-3-9-11(17-8-7-16-9)12-14-6-5-10(15-12)13-4-2/h5-6,9,11H,3-4,7-8H2,1-2H3,(H,13,14,15). The largest absolute Gasteiger partial charge is 0.370 e. The molecule has 0 radical (unpaired) electrons. The van der Waals surface area contributed by atoms with Gasteiger partial charge in [-0.1, -0.05) is 6.92 Å². The van der Waals surface area contributed by atoms with Gasteiger partial charge in [0.1, 0.15) is 11.6 Å². The van der Waals surface area contributed by atoms with Crippen LogP contribution in [0.4, 0.5) is 5.82 Å². The molecule has 2 atom stereocenters. The lowest BCUT2D eigenvalue weighted by molar-refractivity contribution is 0.750. The first kappa shape index (κ1) is 13.0. The van der Waals surface area contributed by atoms with Gasteiger partial charge in [0.25, 0.3) is 0 Å². The van der Waals surface area contributed by atoms with Gasteiger partial charge in [-0.2, -0.15) is 11.8 Å². The minimum Gasteiger partial charge on any atom is -0.370 e. The van der Waals surface area contributed by atoms with Crippen molar-refractivity contribution in [3.63, 3.8) is 0 Å². The number of thioether (sulfide) groups is 2. The van der Waals surface area contributed by atoms with Crippen LogP contribution in [0.5, 0.6) is 0 Å². The second-order valence-electron chi connectivity index (χ2n) is 3.94. The molecule has 5 heteroatoms. The monoisotopic (exact) mass is 269 g/mol. The Hall–Kier alpha value is -0.420. The molecule has 1 aliphatic rings. The van der Waals surface area contributed by atoms with Crippen LogP contribution in [0.25, 0.3) is 0 Å². The predicted molar refractivity (Wildman–Crippen MR) is 77.9 cm³/mol. The third-order valence-electron chi connectivity index (χ3n) is 2.74. The molecule has 0 spiro atoms. The number of nitrogens with one attached hydrogen (secondary N) is 1. The van der Waals surface area contributed by atoms with Gasteiger partial charge in [0, 0.05) is 29.5 Å². The Morgan fingerprint density at radius 2 is 2.18 bits per heavy atom. The number of aromatic nitrogens is 2. The number of hydrogen-bond acceptors (Lipinski definition) is 5. The van der Waals surface area contributed by atoms with E-state index in [2.05, 4.69) is 40.9 Å². The van der Waals surface area contributed by atoms with E-state index in [1.165, 1.54) is 17.9 Å². The Bertz CT molecular complexity index is 359. The van der Waals surface area contributed by atoms with Gasteiger partial charge < -0.3 is 5.32 Å². The number of nitrogens with zero attached hydrogens (tertiary/aromatic N) is 2. The minimum atomic E-state index is 0.456. The van der Waals surface area contributed by atoms with Crippen molar-refractivity contribution < 1.29 is 0 Å². The second-order valence-corrected chi connectivity index (χ2v) is 6.54. The van der Waals surface area contributed by atoms with Gasteiger partial charge in [0.15, 0.2) is 0 Å². The van der Waals surface area contributed by atoms with E-state index in [1.807, 2.05) is 24.0 Å². The highest BCUT2D eigenvalue weighted by Gasteiger charge is 2.28. The summed E-state index contributed by atoms with van der Waals surface area (Å²) in [6.45, 7) is 5.24. The van der Waals surface area contributed by atoms with Gasteiger partial charge in [-0.15, -0.1) is 11.8 Å². The highest BCUT2D eigenvalue weighted by molar-refractivity contribution is 8.06. The molecule has 0 aromatic carbocycles. The maximum Gasteiger partial charge on any atom is 0.144 e. The zero-order chi connectivity index (χ0) is 12.1. The van der Waals surface area contributed by atoms with E-state index < -0.39 is 0 Å². The molecule has 1 fully saturated rings. The number of anilines is 1. The molecule has 1 aromatic heterocycles. The topological polar surface area (TPSA) is 37.8 Å². The summed E-state index contributed by atoms with van der Waals surface area (Å²) in [6, 6.07) is 1.94. The van der Waals surface area contributed by atoms with Crippen LogP contribution < -0.4 is 5.32 Å². The summed E-state index contributed by atoms with van der Waals surface area (Å²) in [5.41, 5.74) is 0. The van der Waals surface area contributed by atoms with Gasteiger partial charge >= 0.3 is 0 Å². The Labute approximate surface area is 112 Å². The first-order valence-electron chi connectivity index (χ1n) is 6.15. The summed E-state index contributed by atoms with van der Waals surface area (Å²) in [6.07, 6.45) is 3.06. The van der Waals surface area contributed by atoms with Crippen molar-refractivity contribution in [2.75, 3.05) is 23.4 Å². The Kier molecular flexibility index (Phi) is 4.98. The summed E-state index contributed by atoms with van der Waals surface area (Å²) in [5.74, 6) is 4.41. The normalized spacial score (nSPS) is 24.6.